The van der Waals surface area contributed by atoms with E-state index >= 15 is 0 Å². The predicted octanol–water partition coefficient (Wildman–Crippen LogP) is 3.77. The Bertz CT molecular complexity index is 575. The van der Waals surface area contributed by atoms with E-state index in [2.05, 4.69) is 15.9 Å². The number of aryl methyl sites for hydroxylation is 1. The normalized spacial score (nSPS) is 10.5. The van der Waals surface area contributed by atoms with E-state index < -0.39 is 5.82 Å². The van der Waals surface area contributed by atoms with Crippen LogP contribution in [0.3, 0.4) is 0 Å². The highest BCUT2D eigenvalue weighted by Crippen LogP contribution is 2.29. The molecule has 5 heteroatoms. The zero-order valence-electron chi connectivity index (χ0n) is 8.96. The first-order chi connectivity index (χ1) is 7.99. The van der Waals surface area contributed by atoms with Crippen molar-refractivity contribution in [2.24, 2.45) is 0 Å². The Labute approximate surface area is 110 Å². The Morgan fingerprint density at radius 3 is 2.71 bits per heavy atom. The molecule has 0 bridgehead atoms. The third-order valence-electron chi connectivity index (χ3n) is 2.32. The Hall–Kier alpha value is -1.20. The van der Waals surface area contributed by atoms with E-state index in [1.807, 2.05) is 6.92 Å². The molecule has 17 heavy (non-hydrogen) atoms. The Morgan fingerprint density at radius 2 is 2.12 bits per heavy atom. The van der Waals surface area contributed by atoms with E-state index in [0.717, 1.165) is 9.35 Å². The third kappa shape index (κ3) is 2.40. The monoisotopic (exact) mass is 313 g/mol. The van der Waals surface area contributed by atoms with Gasteiger partial charge in [0.2, 0.25) is 5.78 Å². The van der Waals surface area contributed by atoms with Gasteiger partial charge < -0.3 is 5.73 Å². The standard InChI is InChI=1S/C12H9BrFNOS/c1-6-9(13)5-11(17-6)12(16)8-4-7(15)2-3-10(8)14/h2-5H,15H2,1H3. The van der Waals surface area contributed by atoms with Gasteiger partial charge in [-0.05, 0) is 47.1 Å². The van der Waals surface area contributed by atoms with E-state index in [1.165, 1.54) is 29.5 Å². The van der Waals surface area contributed by atoms with Crippen molar-refractivity contribution in [1.29, 1.82) is 0 Å². The number of carbonyl (C=O) groups excluding carboxylic acids is 1. The van der Waals surface area contributed by atoms with Crippen molar-refractivity contribution in [2.45, 2.75) is 6.92 Å². The summed E-state index contributed by atoms with van der Waals surface area (Å²) < 4.78 is 14.4. The first kappa shape index (κ1) is 12.3. The average Bonchev–Trinajstić information content (AvgIpc) is 2.62. The van der Waals surface area contributed by atoms with Gasteiger partial charge in [-0.25, -0.2) is 4.39 Å². The van der Waals surface area contributed by atoms with Crippen LogP contribution in [0, 0.1) is 12.7 Å². The van der Waals surface area contributed by atoms with Crippen molar-refractivity contribution in [3.63, 3.8) is 0 Å². The van der Waals surface area contributed by atoms with E-state index in [1.54, 1.807) is 6.07 Å². The minimum atomic E-state index is -0.550. The van der Waals surface area contributed by atoms with Crippen LogP contribution in [0.2, 0.25) is 0 Å². The van der Waals surface area contributed by atoms with Gasteiger partial charge in [-0.3, -0.25) is 4.79 Å². The fourth-order valence-corrected chi connectivity index (χ4v) is 2.91. The molecule has 0 radical (unpaired) electrons. The molecule has 2 N–H and O–H groups in total. The first-order valence-electron chi connectivity index (χ1n) is 4.84. The summed E-state index contributed by atoms with van der Waals surface area (Å²) in [7, 11) is 0. The molecule has 0 spiro atoms. The molecule has 88 valence electrons. The van der Waals surface area contributed by atoms with Crippen LogP contribution in [0.25, 0.3) is 0 Å². The van der Waals surface area contributed by atoms with Gasteiger partial charge in [-0.2, -0.15) is 0 Å². The number of ketones is 1. The molecule has 1 aromatic carbocycles. The number of nitrogens with two attached hydrogens (primary N) is 1. The highest BCUT2D eigenvalue weighted by molar-refractivity contribution is 9.10. The number of nitrogen functional groups attached to an aromatic ring is 1. The van der Waals surface area contributed by atoms with Gasteiger partial charge in [-0.1, -0.05) is 0 Å². The van der Waals surface area contributed by atoms with E-state index in [9.17, 15) is 9.18 Å². The number of benzene rings is 1. The molecule has 1 aromatic heterocycles. The minimum absolute atomic E-state index is 0.0127. The highest BCUT2D eigenvalue weighted by atomic mass is 79.9. The van der Waals surface area contributed by atoms with E-state index in [4.69, 9.17) is 5.73 Å². The maximum atomic E-state index is 13.5. The zero-order chi connectivity index (χ0) is 12.6. The summed E-state index contributed by atoms with van der Waals surface area (Å²) in [5.41, 5.74) is 5.94. The SMILES string of the molecule is Cc1sc(C(=O)c2cc(N)ccc2F)cc1Br. The molecule has 0 amide bonds. The van der Waals surface area contributed by atoms with Crippen molar-refractivity contribution in [1.82, 2.24) is 0 Å². The van der Waals surface area contributed by atoms with Gasteiger partial charge >= 0.3 is 0 Å². The molecule has 2 rings (SSSR count). The third-order valence-corrected chi connectivity index (χ3v) is 4.45. The van der Waals surface area contributed by atoms with Gasteiger partial charge in [-0.15, -0.1) is 11.3 Å². The lowest BCUT2D eigenvalue weighted by Gasteiger charge is -2.01. The Balaban J connectivity index is 2.47. The number of hydrogen-bond acceptors (Lipinski definition) is 3. The molecule has 0 aliphatic heterocycles. The first-order valence-corrected chi connectivity index (χ1v) is 6.45. The van der Waals surface area contributed by atoms with Crippen LogP contribution in [0.15, 0.2) is 28.7 Å². The van der Waals surface area contributed by atoms with Crippen LogP contribution < -0.4 is 5.73 Å². The van der Waals surface area contributed by atoms with Crippen LogP contribution in [0.5, 0.6) is 0 Å². The molecule has 0 fully saturated rings. The summed E-state index contributed by atoms with van der Waals surface area (Å²) in [6.45, 7) is 1.89. The molecule has 2 nitrogen and oxygen atoms in total. The molecule has 0 aliphatic rings. The number of halogens is 2. The summed E-state index contributed by atoms with van der Waals surface area (Å²) in [5.74, 6) is -0.889. The maximum Gasteiger partial charge on any atom is 0.206 e. The van der Waals surface area contributed by atoms with Gasteiger partial charge in [0.25, 0.3) is 0 Å². The quantitative estimate of drug-likeness (QED) is 0.677. The number of hydrogen-bond donors (Lipinski definition) is 1. The largest absolute Gasteiger partial charge is 0.399 e. The lowest BCUT2D eigenvalue weighted by atomic mass is 10.1. The second-order valence-corrected chi connectivity index (χ2v) is 5.69. The van der Waals surface area contributed by atoms with Crippen LogP contribution in [0.1, 0.15) is 20.1 Å². The van der Waals surface area contributed by atoms with Crippen molar-refractivity contribution >= 4 is 38.7 Å². The number of carbonyl (C=O) groups is 1. The smallest absolute Gasteiger partial charge is 0.206 e. The van der Waals surface area contributed by atoms with Crippen molar-refractivity contribution in [3.05, 3.63) is 49.9 Å². The van der Waals surface area contributed by atoms with Gasteiger partial charge in [0.05, 0.1) is 10.4 Å². The Morgan fingerprint density at radius 1 is 1.41 bits per heavy atom. The average molecular weight is 314 g/mol. The fourth-order valence-electron chi connectivity index (χ4n) is 1.42. The molecule has 1 heterocycles. The van der Waals surface area contributed by atoms with Crippen molar-refractivity contribution in [3.8, 4) is 0 Å². The number of anilines is 1. The number of thiophene rings is 1. The molecule has 2 aromatic rings. The lowest BCUT2D eigenvalue weighted by Crippen LogP contribution is -2.03. The molecule has 0 saturated carbocycles. The zero-order valence-corrected chi connectivity index (χ0v) is 11.4. The maximum absolute atomic E-state index is 13.5. The van der Waals surface area contributed by atoms with Crippen molar-refractivity contribution < 1.29 is 9.18 Å². The predicted molar refractivity (Wildman–Crippen MR) is 71.0 cm³/mol. The van der Waals surface area contributed by atoms with Gasteiger partial charge in [0.1, 0.15) is 5.82 Å². The summed E-state index contributed by atoms with van der Waals surface area (Å²) in [5, 5.41) is 0. The molecule has 0 atom stereocenters. The second-order valence-electron chi connectivity index (χ2n) is 3.58. The molecule has 0 aliphatic carbocycles. The highest BCUT2D eigenvalue weighted by Gasteiger charge is 2.17. The lowest BCUT2D eigenvalue weighted by molar-refractivity contribution is 0.103. The molecular weight excluding hydrogens is 305 g/mol. The second kappa shape index (κ2) is 4.58. The summed E-state index contributed by atoms with van der Waals surface area (Å²) >= 11 is 4.66. The molecular formula is C12H9BrFNOS. The van der Waals surface area contributed by atoms with Crippen LogP contribution in [0.4, 0.5) is 10.1 Å². The van der Waals surface area contributed by atoms with E-state index in [0.29, 0.717) is 10.6 Å². The van der Waals surface area contributed by atoms with Gasteiger partial charge in [0, 0.05) is 15.0 Å². The van der Waals surface area contributed by atoms with Crippen LogP contribution in [-0.2, 0) is 0 Å². The topological polar surface area (TPSA) is 43.1 Å². The van der Waals surface area contributed by atoms with Crippen LogP contribution >= 0.6 is 27.3 Å². The summed E-state index contributed by atoms with van der Waals surface area (Å²) in [4.78, 5) is 13.6. The van der Waals surface area contributed by atoms with Crippen molar-refractivity contribution in [2.75, 3.05) is 5.73 Å². The van der Waals surface area contributed by atoms with Gasteiger partial charge in [0.15, 0.2) is 0 Å². The Kier molecular flexibility index (Phi) is 3.31. The molecule has 0 saturated heterocycles. The molecule has 0 unspecified atom stereocenters. The van der Waals surface area contributed by atoms with E-state index in [-0.39, 0.29) is 11.3 Å². The van der Waals surface area contributed by atoms with Crippen LogP contribution in [-0.4, -0.2) is 5.78 Å². The fraction of sp³-hybridized carbons (Fsp3) is 0.0833. The summed E-state index contributed by atoms with van der Waals surface area (Å²) in [6, 6.07) is 5.70. The minimum Gasteiger partial charge on any atom is -0.399 e. The summed E-state index contributed by atoms with van der Waals surface area (Å²) in [6.07, 6.45) is 0. The number of rotatable bonds is 2.